The lowest BCUT2D eigenvalue weighted by atomic mass is 10.1. The molecule has 0 saturated carbocycles. The van der Waals surface area contributed by atoms with E-state index in [9.17, 15) is 22.8 Å². The van der Waals surface area contributed by atoms with Gasteiger partial charge in [0.25, 0.3) is 0 Å². The lowest BCUT2D eigenvalue weighted by Crippen LogP contribution is -2.33. The lowest BCUT2D eigenvalue weighted by Gasteiger charge is -2.20. The molecule has 24 heavy (non-hydrogen) atoms. The van der Waals surface area contributed by atoms with Crippen molar-refractivity contribution in [3.8, 4) is 0 Å². The molecular weight excluding hydrogens is 327 g/mol. The molecule has 132 valence electrons. The maximum atomic E-state index is 13.7. The highest BCUT2D eigenvalue weighted by Gasteiger charge is 2.19. The first-order chi connectivity index (χ1) is 11.0. The number of carbonyl (C=O) groups is 2. The van der Waals surface area contributed by atoms with Crippen molar-refractivity contribution >= 4 is 12.1 Å². The average Bonchev–Trinajstić information content (AvgIpc) is 2.42. The molecule has 0 aliphatic heterocycles. The third-order valence-electron chi connectivity index (χ3n) is 2.62. The van der Waals surface area contributed by atoms with Crippen LogP contribution >= 0.6 is 0 Å². The van der Waals surface area contributed by atoms with Gasteiger partial charge in [-0.05, 0) is 32.4 Å². The molecule has 0 aromatic heterocycles. The summed E-state index contributed by atoms with van der Waals surface area (Å²) in [6, 6.07) is 1.03. The number of halogens is 3. The van der Waals surface area contributed by atoms with Crippen molar-refractivity contribution in [3.63, 3.8) is 0 Å². The fraction of sp³-hybridized carbons (Fsp3) is 0.375. The molecule has 1 amide bonds. The SMILES string of the molecule is COC(=O)/C=C(/Cc1cc(F)c(F)cc1F)NC(=O)OC(C)(C)C. The Kier molecular flexibility index (Phi) is 6.39. The number of nitrogens with one attached hydrogen (secondary N) is 1. The maximum Gasteiger partial charge on any atom is 0.411 e. The molecule has 0 heterocycles. The van der Waals surface area contributed by atoms with E-state index in [4.69, 9.17) is 4.74 Å². The zero-order valence-corrected chi connectivity index (χ0v) is 13.7. The van der Waals surface area contributed by atoms with Gasteiger partial charge in [-0.25, -0.2) is 22.8 Å². The van der Waals surface area contributed by atoms with Gasteiger partial charge in [-0.2, -0.15) is 0 Å². The van der Waals surface area contributed by atoms with Gasteiger partial charge in [0.1, 0.15) is 11.4 Å². The van der Waals surface area contributed by atoms with Crippen LogP contribution in [0.3, 0.4) is 0 Å². The number of ether oxygens (including phenoxy) is 2. The Morgan fingerprint density at radius 3 is 2.25 bits per heavy atom. The Morgan fingerprint density at radius 2 is 1.71 bits per heavy atom. The summed E-state index contributed by atoms with van der Waals surface area (Å²) in [5, 5.41) is 2.26. The summed E-state index contributed by atoms with van der Waals surface area (Å²) < 4.78 is 49.4. The number of alkyl carbamates (subject to hydrolysis) is 1. The molecule has 1 rings (SSSR count). The highest BCUT2D eigenvalue weighted by atomic mass is 19.2. The molecule has 0 bridgehead atoms. The Morgan fingerprint density at radius 1 is 1.12 bits per heavy atom. The predicted octanol–water partition coefficient (Wildman–Crippen LogP) is 3.23. The van der Waals surface area contributed by atoms with Crippen LogP contribution in [0.5, 0.6) is 0 Å². The highest BCUT2D eigenvalue weighted by Crippen LogP contribution is 2.17. The Labute approximate surface area is 137 Å². The van der Waals surface area contributed by atoms with E-state index in [1.165, 1.54) is 0 Å². The molecular formula is C16H18F3NO4. The zero-order chi connectivity index (χ0) is 18.5. The van der Waals surface area contributed by atoms with Gasteiger partial charge in [0.2, 0.25) is 0 Å². The summed E-state index contributed by atoms with van der Waals surface area (Å²) >= 11 is 0. The Balaban J connectivity index is 3.04. The largest absolute Gasteiger partial charge is 0.466 e. The van der Waals surface area contributed by atoms with Gasteiger partial charge in [-0.15, -0.1) is 0 Å². The summed E-state index contributed by atoms with van der Waals surface area (Å²) in [6.45, 7) is 4.89. The molecule has 0 saturated heterocycles. The van der Waals surface area contributed by atoms with Crippen LogP contribution in [0.4, 0.5) is 18.0 Å². The number of hydrogen-bond donors (Lipinski definition) is 1. The minimum Gasteiger partial charge on any atom is -0.466 e. The van der Waals surface area contributed by atoms with E-state index in [-0.39, 0.29) is 17.7 Å². The van der Waals surface area contributed by atoms with Crippen LogP contribution in [0.15, 0.2) is 23.9 Å². The number of carbonyl (C=O) groups excluding carboxylic acids is 2. The monoisotopic (exact) mass is 345 g/mol. The van der Waals surface area contributed by atoms with Crippen LogP contribution in [0.25, 0.3) is 0 Å². The molecule has 5 nitrogen and oxygen atoms in total. The highest BCUT2D eigenvalue weighted by molar-refractivity contribution is 5.84. The van der Waals surface area contributed by atoms with Gasteiger partial charge in [0.05, 0.1) is 7.11 Å². The van der Waals surface area contributed by atoms with Crippen molar-refractivity contribution in [2.75, 3.05) is 7.11 Å². The van der Waals surface area contributed by atoms with E-state index in [2.05, 4.69) is 10.1 Å². The molecule has 0 aliphatic rings. The summed E-state index contributed by atoms with van der Waals surface area (Å²) in [7, 11) is 1.11. The third-order valence-corrected chi connectivity index (χ3v) is 2.62. The number of rotatable bonds is 4. The van der Waals surface area contributed by atoms with E-state index in [1.54, 1.807) is 20.8 Å². The van der Waals surface area contributed by atoms with Gasteiger partial charge in [0, 0.05) is 24.3 Å². The van der Waals surface area contributed by atoms with Crippen molar-refractivity contribution in [3.05, 3.63) is 46.9 Å². The second-order valence-corrected chi connectivity index (χ2v) is 5.85. The number of allylic oxidation sites excluding steroid dienone is 1. The second kappa shape index (κ2) is 7.85. The zero-order valence-electron chi connectivity index (χ0n) is 13.7. The van der Waals surface area contributed by atoms with Gasteiger partial charge in [-0.1, -0.05) is 0 Å². The smallest absolute Gasteiger partial charge is 0.411 e. The van der Waals surface area contributed by atoms with Crippen molar-refractivity contribution in [2.45, 2.75) is 32.8 Å². The van der Waals surface area contributed by atoms with Crippen LogP contribution in [0.1, 0.15) is 26.3 Å². The summed E-state index contributed by atoms with van der Waals surface area (Å²) in [4.78, 5) is 23.1. The number of methoxy groups -OCH3 is 1. The van der Waals surface area contributed by atoms with Crippen LogP contribution in [0, 0.1) is 17.5 Å². The fourth-order valence-electron chi connectivity index (χ4n) is 1.67. The second-order valence-electron chi connectivity index (χ2n) is 5.85. The molecule has 0 spiro atoms. The van der Waals surface area contributed by atoms with Crippen LogP contribution < -0.4 is 5.32 Å². The van der Waals surface area contributed by atoms with E-state index < -0.39 is 35.1 Å². The number of amides is 1. The molecule has 0 atom stereocenters. The molecule has 1 aromatic carbocycles. The summed E-state index contributed by atoms with van der Waals surface area (Å²) in [6.07, 6.45) is -0.372. The topological polar surface area (TPSA) is 64.6 Å². The number of hydrogen-bond acceptors (Lipinski definition) is 4. The van der Waals surface area contributed by atoms with Crippen molar-refractivity contribution in [1.82, 2.24) is 5.32 Å². The molecule has 0 radical (unpaired) electrons. The molecule has 8 heteroatoms. The third kappa shape index (κ3) is 6.31. The summed E-state index contributed by atoms with van der Waals surface area (Å²) in [5.41, 5.74) is -1.14. The quantitative estimate of drug-likeness (QED) is 0.517. The number of benzene rings is 1. The van der Waals surface area contributed by atoms with Gasteiger partial charge < -0.3 is 9.47 Å². The van der Waals surface area contributed by atoms with Crippen molar-refractivity contribution < 1.29 is 32.2 Å². The first-order valence-corrected chi connectivity index (χ1v) is 6.93. The van der Waals surface area contributed by atoms with E-state index >= 15 is 0 Å². The van der Waals surface area contributed by atoms with E-state index in [1.807, 2.05) is 0 Å². The summed E-state index contributed by atoms with van der Waals surface area (Å²) in [5.74, 6) is -4.42. The Bertz CT molecular complexity index is 666. The fourth-order valence-corrected chi connectivity index (χ4v) is 1.67. The predicted molar refractivity (Wildman–Crippen MR) is 79.5 cm³/mol. The van der Waals surface area contributed by atoms with Crippen LogP contribution in [-0.4, -0.2) is 24.8 Å². The first-order valence-electron chi connectivity index (χ1n) is 6.93. The molecule has 1 aromatic rings. The lowest BCUT2D eigenvalue weighted by molar-refractivity contribution is -0.134. The van der Waals surface area contributed by atoms with Crippen LogP contribution in [0.2, 0.25) is 0 Å². The molecule has 0 fully saturated rings. The van der Waals surface area contributed by atoms with Gasteiger partial charge in [0.15, 0.2) is 11.6 Å². The number of esters is 1. The van der Waals surface area contributed by atoms with Crippen molar-refractivity contribution in [1.29, 1.82) is 0 Å². The molecule has 0 unspecified atom stereocenters. The van der Waals surface area contributed by atoms with E-state index in [0.29, 0.717) is 12.1 Å². The van der Waals surface area contributed by atoms with Crippen molar-refractivity contribution in [2.24, 2.45) is 0 Å². The van der Waals surface area contributed by atoms with Crippen LogP contribution in [-0.2, 0) is 20.7 Å². The minimum absolute atomic E-state index is 0.0963. The minimum atomic E-state index is -1.34. The normalized spacial score (nSPS) is 11.9. The molecule has 1 N–H and O–H groups in total. The first kappa shape index (κ1) is 19.5. The van der Waals surface area contributed by atoms with E-state index in [0.717, 1.165) is 13.2 Å². The van der Waals surface area contributed by atoms with Gasteiger partial charge >= 0.3 is 12.1 Å². The standard InChI is InChI=1S/C16H18F3NO4/c1-16(2,3)24-15(22)20-10(7-14(21)23-4)5-9-6-12(18)13(19)8-11(9)17/h6-8H,5H2,1-4H3,(H,20,22)/b10-7-. The van der Waals surface area contributed by atoms with Gasteiger partial charge in [-0.3, -0.25) is 5.32 Å². The Hall–Kier alpha value is -2.51. The molecule has 0 aliphatic carbocycles. The average molecular weight is 345 g/mol. The maximum absolute atomic E-state index is 13.7.